The Bertz CT molecular complexity index is 1010. The van der Waals surface area contributed by atoms with Crippen LogP contribution in [0.5, 0.6) is 0 Å². The first kappa shape index (κ1) is 16.6. The second kappa shape index (κ2) is 5.86. The fourth-order valence-electron chi connectivity index (χ4n) is 3.37. The van der Waals surface area contributed by atoms with Gasteiger partial charge in [0.25, 0.3) is 5.91 Å². The highest BCUT2D eigenvalue weighted by Crippen LogP contribution is 2.35. The normalized spacial score (nSPS) is 14.5. The van der Waals surface area contributed by atoms with Gasteiger partial charge in [0.05, 0.1) is 5.56 Å². The van der Waals surface area contributed by atoms with Crippen molar-refractivity contribution in [1.29, 1.82) is 0 Å². The van der Waals surface area contributed by atoms with Crippen molar-refractivity contribution in [2.75, 3.05) is 11.4 Å². The molecule has 4 nitrogen and oxygen atoms in total. The predicted octanol–water partition coefficient (Wildman–Crippen LogP) is 4.25. The smallest absolute Gasteiger partial charge is 0.307 e. The minimum atomic E-state index is -4.39. The second-order valence-corrected chi connectivity index (χ2v) is 6.42. The Morgan fingerprint density at radius 2 is 2.00 bits per heavy atom. The molecular formula is C19H16F3N3O. The molecule has 0 bridgehead atoms. The van der Waals surface area contributed by atoms with Gasteiger partial charge >= 0.3 is 6.18 Å². The Morgan fingerprint density at radius 1 is 1.19 bits per heavy atom. The first-order valence-corrected chi connectivity index (χ1v) is 8.31. The van der Waals surface area contributed by atoms with Crippen molar-refractivity contribution in [2.24, 2.45) is 0 Å². The number of anilines is 1. The number of halogens is 3. The molecule has 0 spiro atoms. The third-order valence-corrected chi connectivity index (χ3v) is 4.69. The number of benzene rings is 1. The van der Waals surface area contributed by atoms with Gasteiger partial charge in [0.2, 0.25) is 0 Å². The maximum absolute atomic E-state index is 13.0. The number of fused-ring (bicyclic) bond motifs is 2. The maximum atomic E-state index is 13.0. The quantitative estimate of drug-likeness (QED) is 0.651. The van der Waals surface area contributed by atoms with Crippen molar-refractivity contribution in [1.82, 2.24) is 9.38 Å². The summed E-state index contributed by atoms with van der Waals surface area (Å²) >= 11 is 0. The van der Waals surface area contributed by atoms with Gasteiger partial charge in [0, 0.05) is 24.1 Å². The highest BCUT2D eigenvalue weighted by atomic mass is 19.4. The zero-order valence-electron chi connectivity index (χ0n) is 14.0. The fraction of sp³-hybridized carbons (Fsp3) is 0.263. The largest absolute Gasteiger partial charge is 0.416 e. The van der Waals surface area contributed by atoms with E-state index in [1.165, 1.54) is 11.0 Å². The van der Waals surface area contributed by atoms with Crippen LogP contribution in [0.3, 0.4) is 0 Å². The number of rotatable bonds is 1. The van der Waals surface area contributed by atoms with E-state index in [4.69, 9.17) is 0 Å². The topological polar surface area (TPSA) is 37.6 Å². The van der Waals surface area contributed by atoms with E-state index in [0.717, 1.165) is 17.8 Å². The molecule has 0 aliphatic carbocycles. The monoisotopic (exact) mass is 359 g/mol. The highest BCUT2D eigenvalue weighted by molar-refractivity contribution is 6.05. The number of aromatic nitrogens is 2. The zero-order valence-corrected chi connectivity index (χ0v) is 14.0. The van der Waals surface area contributed by atoms with Crippen LogP contribution in [-0.2, 0) is 12.6 Å². The van der Waals surface area contributed by atoms with Crippen LogP contribution in [0.4, 0.5) is 18.9 Å². The molecule has 0 fully saturated rings. The lowest BCUT2D eigenvalue weighted by molar-refractivity contribution is -0.137. The van der Waals surface area contributed by atoms with E-state index < -0.39 is 11.7 Å². The molecule has 26 heavy (non-hydrogen) atoms. The number of alkyl halides is 3. The molecular weight excluding hydrogens is 343 g/mol. The van der Waals surface area contributed by atoms with E-state index in [0.29, 0.717) is 36.3 Å². The van der Waals surface area contributed by atoms with Crippen molar-refractivity contribution in [2.45, 2.75) is 25.9 Å². The average Bonchev–Trinajstić information content (AvgIpc) is 3.05. The molecule has 1 aliphatic heterocycles. The minimum Gasteiger partial charge on any atom is -0.307 e. The number of imidazole rings is 1. The minimum absolute atomic E-state index is 0.284. The summed E-state index contributed by atoms with van der Waals surface area (Å²) in [6, 6.07) is 9.14. The molecule has 0 N–H and O–H groups in total. The van der Waals surface area contributed by atoms with Crippen LogP contribution in [0, 0.1) is 6.92 Å². The van der Waals surface area contributed by atoms with Crippen LogP contribution in [0.15, 0.2) is 42.6 Å². The molecule has 2 aromatic heterocycles. The summed E-state index contributed by atoms with van der Waals surface area (Å²) in [6.07, 6.45) is -1.58. The van der Waals surface area contributed by atoms with Gasteiger partial charge in [0.15, 0.2) is 0 Å². The van der Waals surface area contributed by atoms with Crippen LogP contribution in [0.25, 0.3) is 5.65 Å². The van der Waals surface area contributed by atoms with Crippen molar-refractivity contribution in [3.63, 3.8) is 0 Å². The summed E-state index contributed by atoms with van der Waals surface area (Å²) < 4.78 is 40.6. The van der Waals surface area contributed by atoms with Crippen LogP contribution >= 0.6 is 0 Å². The standard InChI is InChI=1S/C19H16F3N3O/c1-12-4-2-6-17-23-15(11-25(12)17)18(26)24-9-3-5-13-10-14(19(20,21)22)7-8-16(13)24/h2,4,6-8,10-11H,3,5,9H2,1H3. The van der Waals surface area contributed by atoms with E-state index in [-0.39, 0.29) is 11.6 Å². The summed E-state index contributed by atoms with van der Waals surface area (Å²) in [6.45, 7) is 2.38. The van der Waals surface area contributed by atoms with Crippen molar-refractivity contribution in [3.8, 4) is 0 Å². The van der Waals surface area contributed by atoms with Gasteiger partial charge in [-0.05, 0) is 55.7 Å². The van der Waals surface area contributed by atoms with Crippen LogP contribution in [0.1, 0.15) is 33.7 Å². The highest BCUT2D eigenvalue weighted by Gasteiger charge is 2.33. The molecule has 3 aromatic rings. The summed E-state index contributed by atoms with van der Waals surface area (Å²) in [7, 11) is 0. The molecule has 7 heteroatoms. The number of amides is 1. The first-order valence-electron chi connectivity index (χ1n) is 8.31. The van der Waals surface area contributed by atoms with Gasteiger partial charge in [0.1, 0.15) is 11.3 Å². The number of carbonyl (C=O) groups excluding carboxylic acids is 1. The SMILES string of the molecule is Cc1cccc2nc(C(=O)N3CCCc4cc(C(F)(F)F)ccc43)cn12. The molecule has 4 rings (SSSR count). The molecule has 0 atom stereocenters. The van der Waals surface area contributed by atoms with Crippen molar-refractivity contribution in [3.05, 3.63) is 65.1 Å². The number of hydrogen-bond acceptors (Lipinski definition) is 2. The number of hydrogen-bond donors (Lipinski definition) is 0. The van der Waals surface area contributed by atoms with Crippen LogP contribution in [-0.4, -0.2) is 21.8 Å². The molecule has 0 saturated carbocycles. The molecule has 1 amide bonds. The lowest BCUT2D eigenvalue weighted by Crippen LogP contribution is -2.35. The molecule has 0 saturated heterocycles. The third kappa shape index (κ3) is 2.73. The second-order valence-electron chi connectivity index (χ2n) is 6.42. The van der Waals surface area contributed by atoms with E-state index in [2.05, 4.69) is 4.98 Å². The molecule has 1 aromatic carbocycles. The zero-order chi connectivity index (χ0) is 18.5. The summed E-state index contributed by atoms with van der Waals surface area (Å²) in [4.78, 5) is 18.8. The van der Waals surface area contributed by atoms with Crippen molar-refractivity contribution < 1.29 is 18.0 Å². The Balaban J connectivity index is 1.72. The molecule has 134 valence electrons. The van der Waals surface area contributed by atoms with Gasteiger partial charge < -0.3 is 9.30 Å². The Morgan fingerprint density at radius 3 is 2.73 bits per heavy atom. The lowest BCUT2D eigenvalue weighted by Gasteiger charge is -2.29. The number of pyridine rings is 1. The first-order chi connectivity index (χ1) is 12.3. The number of nitrogens with zero attached hydrogens (tertiary/aromatic N) is 3. The lowest BCUT2D eigenvalue weighted by atomic mass is 9.98. The van der Waals surface area contributed by atoms with E-state index in [1.807, 2.05) is 29.5 Å². The molecule has 1 aliphatic rings. The summed E-state index contributed by atoms with van der Waals surface area (Å²) in [5.41, 5.74) is 2.28. The maximum Gasteiger partial charge on any atom is 0.416 e. The Hall–Kier alpha value is -2.83. The van der Waals surface area contributed by atoms with Crippen LogP contribution in [0.2, 0.25) is 0 Å². The van der Waals surface area contributed by atoms with E-state index >= 15 is 0 Å². The predicted molar refractivity (Wildman–Crippen MR) is 91.4 cm³/mol. The fourth-order valence-corrected chi connectivity index (χ4v) is 3.37. The number of aryl methyl sites for hydroxylation is 2. The average molecular weight is 359 g/mol. The van der Waals surface area contributed by atoms with E-state index in [1.54, 1.807) is 6.20 Å². The molecule has 0 unspecified atom stereocenters. The summed E-state index contributed by atoms with van der Waals surface area (Å²) in [5.74, 6) is -0.297. The van der Waals surface area contributed by atoms with Crippen molar-refractivity contribution >= 4 is 17.2 Å². The van der Waals surface area contributed by atoms with Gasteiger partial charge in [-0.1, -0.05) is 6.07 Å². The van der Waals surface area contributed by atoms with Crippen LogP contribution < -0.4 is 4.90 Å². The molecule has 3 heterocycles. The Kier molecular flexibility index (Phi) is 3.75. The third-order valence-electron chi connectivity index (χ3n) is 4.69. The Labute approximate surface area is 147 Å². The summed E-state index contributed by atoms with van der Waals surface area (Å²) in [5, 5.41) is 0. The van der Waals surface area contributed by atoms with Gasteiger partial charge in [-0.25, -0.2) is 4.98 Å². The van der Waals surface area contributed by atoms with Gasteiger partial charge in [-0.3, -0.25) is 4.79 Å². The van der Waals surface area contributed by atoms with Gasteiger partial charge in [-0.2, -0.15) is 13.2 Å². The number of carbonyl (C=O) groups is 1. The van der Waals surface area contributed by atoms with Gasteiger partial charge in [-0.15, -0.1) is 0 Å². The van der Waals surface area contributed by atoms with E-state index in [9.17, 15) is 18.0 Å². The molecule has 0 radical (unpaired) electrons.